The van der Waals surface area contributed by atoms with Crippen molar-refractivity contribution in [1.29, 1.82) is 0 Å². The van der Waals surface area contributed by atoms with Crippen LogP contribution in [0.25, 0.3) is 0 Å². The number of hydrogen-bond donors (Lipinski definition) is 2. The standard InChI is InChI=1S/C14H18BrFN2O3S/c1-22(20,21)12-6-10(15)5-11(13(12)16)14(19)18-8-9-3-2-4-17-7-9/h5-6,9,17H,2-4,7-8H2,1H3,(H,18,19). The second kappa shape index (κ2) is 7.06. The fourth-order valence-corrected chi connectivity index (χ4v) is 3.82. The minimum Gasteiger partial charge on any atom is -0.352 e. The molecule has 1 aromatic carbocycles. The van der Waals surface area contributed by atoms with Crippen molar-refractivity contribution in [3.8, 4) is 0 Å². The lowest BCUT2D eigenvalue weighted by atomic mass is 9.99. The predicted octanol–water partition coefficient (Wildman–Crippen LogP) is 1.72. The van der Waals surface area contributed by atoms with E-state index in [9.17, 15) is 17.6 Å². The Morgan fingerprint density at radius 2 is 2.23 bits per heavy atom. The summed E-state index contributed by atoms with van der Waals surface area (Å²) in [5.74, 6) is -1.30. The van der Waals surface area contributed by atoms with Crippen LogP contribution in [0.1, 0.15) is 23.2 Å². The van der Waals surface area contributed by atoms with E-state index in [1.807, 2.05) is 0 Å². The second-order valence-corrected chi connectivity index (χ2v) is 8.36. The van der Waals surface area contributed by atoms with Crippen LogP contribution in [0.2, 0.25) is 0 Å². The fraction of sp³-hybridized carbons (Fsp3) is 0.500. The van der Waals surface area contributed by atoms with Gasteiger partial charge in [0.05, 0.1) is 5.56 Å². The van der Waals surface area contributed by atoms with E-state index in [1.165, 1.54) is 6.07 Å². The van der Waals surface area contributed by atoms with E-state index in [0.29, 0.717) is 16.9 Å². The Bertz CT molecular complexity index is 673. The van der Waals surface area contributed by atoms with E-state index < -0.39 is 26.5 Å². The van der Waals surface area contributed by atoms with Gasteiger partial charge in [0, 0.05) is 17.3 Å². The predicted molar refractivity (Wildman–Crippen MR) is 85.1 cm³/mol. The fourth-order valence-electron chi connectivity index (χ4n) is 2.43. The molecular formula is C14H18BrFN2O3S. The number of nitrogens with one attached hydrogen (secondary N) is 2. The van der Waals surface area contributed by atoms with Crippen molar-refractivity contribution in [1.82, 2.24) is 10.6 Å². The van der Waals surface area contributed by atoms with Gasteiger partial charge in [-0.2, -0.15) is 0 Å². The first-order valence-corrected chi connectivity index (χ1v) is 9.65. The first-order valence-electron chi connectivity index (χ1n) is 6.97. The minimum atomic E-state index is -3.74. The zero-order valence-corrected chi connectivity index (χ0v) is 14.6. The molecule has 22 heavy (non-hydrogen) atoms. The number of halogens is 2. The Morgan fingerprint density at radius 1 is 1.50 bits per heavy atom. The molecule has 0 bridgehead atoms. The summed E-state index contributed by atoms with van der Waals surface area (Å²) in [7, 11) is -3.74. The summed E-state index contributed by atoms with van der Waals surface area (Å²) in [6.07, 6.45) is 2.96. The van der Waals surface area contributed by atoms with Crippen LogP contribution in [0.3, 0.4) is 0 Å². The van der Waals surface area contributed by atoms with Crippen LogP contribution in [0.15, 0.2) is 21.5 Å². The highest BCUT2D eigenvalue weighted by molar-refractivity contribution is 9.10. The number of rotatable bonds is 4. The molecule has 1 aliphatic rings. The lowest BCUT2D eigenvalue weighted by Crippen LogP contribution is -2.38. The highest BCUT2D eigenvalue weighted by Crippen LogP contribution is 2.24. The van der Waals surface area contributed by atoms with Crippen molar-refractivity contribution < 1.29 is 17.6 Å². The van der Waals surface area contributed by atoms with Crippen LogP contribution in [0.4, 0.5) is 4.39 Å². The van der Waals surface area contributed by atoms with Gasteiger partial charge in [-0.1, -0.05) is 15.9 Å². The summed E-state index contributed by atoms with van der Waals surface area (Å²) in [5, 5.41) is 5.92. The topological polar surface area (TPSA) is 75.3 Å². The van der Waals surface area contributed by atoms with Gasteiger partial charge in [0.25, 0.3) is 5.91 Å². The molecule has 1 unspecified atom stereocenters. The van der Waals surface area contributed by atoms with Crippen LogP contribution < -0.4 is 10.6 Å². The maximum Gasteiger partial charge on any atom is 0.254 e. The highest BCUT2D eigenvalue weighted by atomic mass is 79.9. The van der Waals surface area contributed by atoms with E-state index in [4.69, 9.17) is 0 Å². The van der Waals surface area contributed by atoms with E-state index in [1.54, 1.807) is 0 Å². The van der Waals surface area contributed by atoms with Gasteiger partial charge >= 0.3 is 0 Å². The van der Waals surface area contributed by atoms with Crippen LogP contribution >= 0.6 is 15.9 Å². The molecule has 2 rings (SSSR count). The molecule has 0 aliphatic carbocycles. The first-order chi connectivity index (χ1) is 10.3. The first kappa shape index (κ1) is 17.4. The molecule has 1 aromatic rings. The highest BCUT2D eigenvalue weighted by Gasteiger charge is 2.23. The summed E-state index contributed by atoms with van der Waals surface area (Å²) in [5.41, 5.74) is -0.265. The summed E-state index contributed by atoms with van der Waals surface area (Å²) in [6, 6.07) is 2.45. The Hall–Kier alpha value is -0.990. The number of sulfone groups is 1. The molecule has 1 fully saturated rings. The second-order valence-electron chi connectivity index (χ2n) is 5.46. The Balaban J connectivity index is 2.17. The molecule has 0 spiro atoms. The van der Waals surface area contributed by atoms with Crippen LogP contribution in [0, 0.1) is 11.7 Å². The number of amides is 1. The van der Waals surface area contributed by atoms with Gasteiger partial charge < -0.3 is 10.6 Å². The van der Waals surface area contributed by atoms with Crippen molar-refractivity contribution in [3.05, 3.63) is 28.0 Å². The van der Waals surface area contributed by atoms with Crippen molar-refractivity contribution in [2.45, 2.75) is 17.7 Å². The van der Waals surface area contributed by atoms with Gasteiger partial charge in [0.2, 0.25) is 0 Å². The van der Waals surface area contributed by atoms with E-state index in [2.05, 4.69) is 26.6 Å². The Labute approximate surface area is 137 Å². The van der Waals surface area contributed by atoms with Gasteiger partial charge in [-0.3, -0.25) is 4.79 Å². The molecule has 0 saturated carbocycles. The molecule has 2 N–H and O–H groups in total. The molecule has 122 valence electrons. The number of piperidine rings is 1. The van der Waals surface area contributed by atoms with Gasteiger partial charge in [-0.25, -0.2) is 12.8 Å². The smallest absolute Gasteiger partial charge is 0.254 e. The molecule has 8 heteroatoms. The Morgan fingerprint density at radius 3 is 2.82 bits per heavy atom. The molecule has 1 saturated heterocycles. The van der Waals surface area contributed by atoms with Crippen molar-refractivity contribution in [3.63, 3.8) is 0 Å². The van der Waals surface area contributed by atoms with E-state index >= 15 is 0 Å². The third kappa shape index (κ3) is 4.27. The lowest BCUT2D eigenvalue weighted by molar-refractivity contribution is 0.0940. The molecule has 1 amide bonds. The molecule has 0 radical (unpaired) electrons. The molecule has 1 aliphatic heterocycles. The molecule has 1 heterocycles. The van der Waals surface area contributed by atoms with E-state index in [-0.39, 0.29) is 5.56 Å². The largest absolute Gasteiger partial charge is 0.352 e. The molecule has 5 nitrogen and oxygen atoms in total. The summed E-state index contributed by atoms with van der Waals surface area (Å²) < 4.78 is 37.8. The van der Waals surface area contributed by atoms with Gasteiger partial charge in [-0.15, -0.1) is 0 Å². The van der Waals surface area contributed by atoms with Gasteiger partial charge in [0.15, 0.2) is 15.7 Å². The SMILES string of the molecule is CS(=O)(=O)c1cc(Br)cc(C(=O)NCC2CCCNC2)c1F. The normalized spacial score (nSPS) is 19.0. The van der Waals surface area contributed by atoms with Crippen LogP contribution in [-0.4, -0.2) is 40.2 Å². The lowest BCUT2D eigenvalue weighted by Gasteiger charge is -2.23. The third-order valence-corrected chi connectivity index (χ3v) is 5.15. The summed E-state index contributed by atoms with van der Waals surface area (Å²) in [6.45, 7) is 2.23. The van der Waals surface area contributed by atoms with Crippen LogP contribution in [-0.2, 0) is 9.84 Å². The zero-order valence-electron chi connectivity index (χ0n) is 12.2. The number of benzene rings is 1. The maximum atomic E-state index is 14.3. The zero-order chi connectivity index (χ0) is 16.3. The number of carbonyl (C=O) groups is 1. The minimum absolute atomic E-state index is 0.265. The molecule has 0 aromatic heterocycles. The average molecular weight is 393 g/mol. The van der Waals surface area contributed by atoms with Crippen molar-refractivity contribution in [2.24, 2.45) is 5.92 Å². The van der Waals surface area contributed by atoms with E-state index in [0.717, 1.165) is 38.3 Å². The van der Waals surface area contributed by atoms with Crippen molar-refractivity contribution in [2.75, 3.05) is 25.9 Å². The van der Waals surface area contributed by atoms with Gasteiger partial charge in [-0.05, 0) is 44.0 Å². The average Bonchev–Trinajstić information content (AvgIpc) is 2.46. The Kier molecular flexibility index (Phi) is 5.57. The third-order valence-electron chi connectivity index (χ3n) is 3.60. The van der Waals surface area contributed by atoms with Gasteiger partial charge in [0.1, 0.15) is 4.90 Å². The molecule has 1 atom stereocenters. The maximum absolute atomic E-state index is 14.3. The summed E-state index contributed by atoms with van der Waals surface area (Å²) >= 11 is 3.11. The summed E-state index contributed by atoms with van der Waals surface area (Å²) in [4.78, 5) is 11.7. The molecular weight excluding hydrogens is 375 g/mol. The number of hydrogen-bond acceptors (Lipinski definition) is 4. The monoisotopic (exact) mass is 392 g/mol. The van der Waals surface area contributed by atoms with Crippen LogP contribution in [0.5, 0.6) is 0 Å². The van der Waals surface area contributed by atoms with Crippen molar-refractivity contribution >= 4 is 31.7 Å². The quantitative estimate of drug-likeness (QED) is 0.817. The number of carbonyl (C=O) groups excluding carboxylic acids is 1.